The first kappa shape index (κ1) is 18.0. The summed E-state index contributed by atoms with van der Waals surface area (Å²) < 4.78 is 3.09. The molecule has 4 rings (SSSR count). The van der Waals surface area contributed by atoms with Gasteiger partial charge in [0, 0.05) is 29.9 Å². The number of fused-ring (bicyclic) bond motifs is 1. The first-order chi connectivity index (χ1) is 13.1. The number of para-hydroxylation sites is 2. The summed E-state index contributed by atoms with van der Waals surface area (Å²) in [5.41, 5.74) is 3.32. The van der Waals surface area contributed by atoms with E-state index in [9.17, 15) is 4.79 Å². The third-order valence-electron chi connectivity index (χ3n) is 5.11. The maximum atomic E-state index is 12.6. The highest BCUT2D eigenvalue weighted by Crippen LogP contribution is 2.31. The number of amides is 1. The Bertz CT molecular complexity index is 980. The molecule has 2 aromatic carbocycles. The molecular formula is C22H22BrN3O. The molecule has 0 aliphatic carbocycles. The molecule has 0 spiro atoms. The molecule has 1 unspecified atom stereocenters. The van der Waals surface area contributed by atoms with Gasteiger partial charge in [-0.05, 0) is 24.1 Å². The number of rotatable bonds is 6. The molecule has 0 N–H and O–H groups in total. The molecule has 4 nitrogen and oxygen atoms in total. The van der Waals surface area contributed by atoms with Gasteiger partial charge in [-0.25, -0.2) is 4.98 Å². The van der Waals surface area contributed by atoms with Crippen LogP contribution < -0.4 is 0 Å². The summed E-state index contributed by atoms with van der Waals surface area (Å²) in [5.74, 6) is 1.31. The Morgan fingerprint density at radius 1 is 1.15 bits per heavy atom. The van der Waals surface area contributed by atoms with Crippen LogP contribution in [-0.2, 0) is 17.8 Å². The van der Waals surface area contributed by atoms with Gasteiger partial charge in [0.25, 0.3) is 0 Å². The second-order valence-electron chi connectivity index (χ2n) is 7.04. The Morgan fingerprint density at radius 3 is 2.67 bits per heavy atom. The highest BCUT2D eigenvalue weighted by atomic mass is 79.9. The van der Waals surface area contributed by atoms with Crippen LogP contribution in [0.25, 0.3) is 11.0 Å². The van der Waals surface area contributed by atoms with Crippen LogP contribution in [0.15, 0.2) is 65.7 Å². The van der Waals surface area contributed by atoms with E-state index in [1.54, 1.807) is 0 Å². The third-order valence-corrected chi connectivity index (χ3v) is 5.36. The zero-order chi connectivity index (χ0) is 18.8. The van der Waals surface area contributed by atoms with Crippen molar-refractivity contribution in [2.45, 2.75) is 25.3 Å². The van der Waals surface area contributed by atoms with Crippen molar-refractivity contribution in [2.75, 3.05) is 13.1 Å². The molecule has 3 aromatic rings. The van der Waals surface area contributed by atoms with Gasteiger partial charge in [-0.3, -0.25) is 4.79 Å². The van der Waals surface area contributed by atoms with Gasteiger partial charge in [-0.1, -0.05) is 65.0 Å². The van der Waals surface area contributed by atoms with E-state index in [1.165, 1.54) is 5.56 Å². The lowest BCUT2D eigenvalue weighted by Crippen LogP contribution is -2.27. The minimum Gasteiger partial charge on any atom is -0.342 e. The Morgan fingerprint density at radius 2 is 1.89 bits per heavy atom. The molecule has 1 atom stereocenters. The Labute approximate surface area is 167 Å². The number of hydrogen-bond donors (Lipinski definition) is 0. The van der Waals surface area contributed by atoms with Crippen LogP contribution in [0.1, 0.15) is 23.7 Å². The van der Waals surface area contributed by atoms with E-state index >= 15 is 0 Å². The van der Waals surface area contributed by atoms with Gasteiger partial charge in [0.15, 0.2) is 0 Å². The van der Waals surface area contributed by atoms with Gasteiger partial charge in [-0.2, -0.15) is 0 Å². The molecule has 1 aliphatic heterocycles. The summed E-state index contributed by atoms with van der Waals surface area (Å²) in [6.45, 7) is 6.13. The van der Waals surface area contributed by atoms with Crippen molar-refractivity contribution in [1.29, 1.82) is 0 Å². The molecule has 0 bridgehead atoms. The van der Waals surface area contributed by atoms with Gasteiger partial charge in [0.1, 0.15) is 5.82 Å². The van der Waals surface area contributed by atoms with E-state index in [0.29, 0.717) is 13.0 Å². The lowest BCUT2D eigenvalue weighted by molar-refractivity contribution is -0.127. The fourth-order valence-corrected chi connectivity index (χ4v) is 4.06. The SMILES string of the molecule is C=C(Br)Cn1c(C2CC(=O)N(CCc3ccccc3)C2)nc2ccccc21. The smallest absolute Gasteiger partial charge is 0.223 e. The van der Waals surface area contributed by atoms with Crippen LogP contribution in [-0.4, -0.2) is 33.4 Å². The summed E-state index contributed by atoms with van der Waals surface area (Å²) in [6.07, 6.45) is 1.40. The van der Waals surface area contributed by atoms with Crippen molar-refractivity contribution in [2.24, 2.45) is 0 Å². The van der Waals surface area contributed by atoms with Crippen LogP contribution in [0.2, 0.25) is 0 Å². The molecule has 1 aliphatic rings. The van der Waals surface area contributed by atoms with Crippen LogP contribution in [0.3, 0.4) is 0 Å². The van der Waals surface area contributed by atoms with Crippen molar-refractivity contribution in [3.63, 3.8) is 0 Å². The maximum absolute atomic E-state index is 12.6. The number of hydrogen-bond acceptors (Lipinski definition) is 2. The molecule has 0 radical (unpaired) electrons. The molecule has 5 heteroatoms. The average molecular weight is 424 g/mol. The molecule has 27 heavy (non-hydrogen) atoms. The van der Waals surface area contributed by atoms with Crippen LogP contribution in [0, 0.1) is 0 Å². The zero-order valence-electron chi connectivity index (χ0n) is 15.1. The van der Waals surface area contributed by atoms with Crippen molar-refractivity contribution in [3.8, 4) is 0 Å². The number of halogens is 1. The van der Waals surface area contributed by atoms with Gasteiger partial charge < -0.3 is 9.47 Å². The number of benzene rings is 2. The van der Waals surface area contributed by atoms with Crippen LogP contribution >= 0.6 is 15.9 Å². The fourth-order valence-electron chi connectivity index (χ4n) is 3.81. The molecule has 2 heterocycles. The van der Waals surface area contributed by atoms with E-state index in [-0.39, 0.29) is 11.8 Å². The van der Waals surface area contributed by atoms with Crippen LogP contribution in [0.4, 0.5) is 0 Å². The number of nitrogens with zero attached hydrogens (tertiary/aromatic N) is 3. The topological polar surface area (TPSA) is 38.1 Å². The second-order valence-corrected chi connectivity index (χ2v) is 8.16. The number of aromatic nitrogens is 2. The molecular weight excluding hydrogens is 402 g/mol. The van der Waals surface area contributed by atoms with E-state index in [2.05, 4.69) is 45.3 Å². The summed E-state index contributed by atoms with van der Waals surface area (Å²) in [6, 6.07) is 18.4. The fraction of sp³-hybridized carbons (Fsp3) is 0.273. The maximum Gasteiger partial charge on any atom is 0.223 e. The van der Waals surface area contributed by atoms with Gasteiger partial charge in [-0.15, -0.1) is 0 Å². The predicted molar refractivity (Wildman–Crippen MR) is 112 cm³/mol. The van der Waals surface area contributed by atoms with Crippen molar-refractivity contribution in [3.05, 3.63) is 77.0 Å². The van der Waals surface area contributed by atoms with E-state index in [4.69, 9.17) is 4.98 Å². The molecule has 1 fully saturated rings. The first-order valence-corrected chi connectivity index (χ1v) is 10.0. The van der Waals surface area contributed by atoms with E-state index in [0.717, 1.165) is 40.9 Å². The van der Waals surface area contributed by atoms with Crippen molar-refractivity contribution < 1.29 is 4.79 Å². The summed E-state index contributed by atoms with van der Waals surface area (Å²) in [5, 5.41) is 0. The lowest BCUT2D eigenvalue weighted by Gasteiger charge is -2.17. The van der Waals surface area contributed by atoms with E-state index < -0.39 is 0 Å². The van der Waals surface area contributed by atoms with Crippen molar-refractivity contribution in [1.82, 2.24) is 14.5 Å². The monoisotopic (exact) mass is 423 g/mol. The Kier molecular flexibility index (Phi) is 5.12. The first-order valence-electron chi connectivity index (χ1n) is 9.22. The number of carbonyl (C=O) groups excluding carboxylic acids is 1. The second kappa shape index (κ2) is 7.69. The summed E-state index contributed by atoms with van der Waals surface area (Å²) in [7, 11) is 0. The quantitative estimate of drug-likeness (QED) is 0.584. The zero-order valence-corrected chi connectivity index (χ0v) is 16.7. The number of carbonyl (C=O) groups is 1. The minimum absolute atomic E-state index is 0.118. The highest BCUT2D eigenvalue weighted by molar-refractivity contribution is 9.11. The summed E-state index contributed by atoms with van der Waals surface area (Å²) >= 11 is 3.48. The number of allylic oxidation sites excluding steroid dienone is 1. The normalized spacial score (nSPS) is 17.0. The average Bonchev–Trinajstić information content (AvgIpc) is 3.21. The predicted octanol–water partition coefficient (Wildman–Crippen LogP) is 4.50. The Hall–Kier alpha value is -2.40. The third kappa shape index (κ3) is 3.83. The molecule has 138 valence electrons. The van der Waals surface area contributed by atoms with E-state index in [1.807, 2.05) is 41.3 Å². The number of likely N-dealkylation sites (tertiary alicyclic amines) is 1. The van der Waals surface area contributed by atoms with Gasteiger partial charge in [0.2, 0.25) is 5.91 Å². The lowest BCUT2D eigenvalue weighted by atomic mass is 10.1. The molecule has 0 saturated carbocycles. The highest BCUT2D eigenvalue weighted by Gasteiger charge is 2.33. The summed E-state index contributed by atoms with van der Waals surface area (Å²) in [4.78, 5) is 19.4. The van der Waals surface area contributed by atoms with Gasteiger partial charge in [0.05, 0.1) is 17.6 Å². The molecule has 1 saturated heterocycles. The van der Waals surface area contributed by atoms with Crippen molar-refractivity contribution >= 4 is 32.9 Å². The Balaban J connectivity index is 1.55. The largest absolute Gasteiger partial charge is 0.342 e. The number of imidazole rings is 1. The van der Waals surface area contributed by atoms with Crippen LogP contribution in [0.5, 0.6) is 0 Å². The van der Waals surface area contributed by atoms with Gasteiger partial charge >= 0.3 is 0 Å². The molecule has 1 aromatic heterocycles. The molecule has 1 amide bonds. The standard InChI is InChI=1S/C22H22BrN3O/c1-16(23)14-26-20-10-6-5-9-19(20)24-22(26)18-13-21(27)25(15-18)12-11-17-7-3-2-4-8-17/h2-10,18H,1,11-15H2. The minimum atomic E-state index is 0.118.